The lowest BCUT2D eigenvalue weighted by Crippen LogP contribution is -2.59. The Morgan fingerprint density at radius 3 is 2.52 bits per heavy atom. The second kappa shape index (κ2) is 11.3. The number of nitrogens with one attached hydrogen (secondary N) is 2. The number of benzene rings is 1. The molecule has 3 aliphatic heterocycles. The molecule has 4 aromatic rings. The molecule has 3 aromatic heterocycles. The number of rotatable bonds is 6. The number of aryl methyl sites for hydroxylation is 1. The molecule has 2 atom stereocenters. The van der Waals surface area contributed by atoms with Gasteiger partial charge in [-0.2, -0.15) is 0 Å². The number of carbonyl (C=O) groups is 1. The van der Waals surface area contributed by atoms with Gasteiger partial charge >= 0.3 is 0 Å². The van der Waals surface area contributed by atoms with Crippen LogP contribution in [0, 0.1) is 24.6 Å². The molecule has 1 aromatic carbocycles. The fraction of sp³-hybridized carbons (Fsp3) is 0.526. The molecule has 2 unspecified atom stereocenters. The van der Waals surface area contributed by atoms with E-state index >= 15 is 0 Å². The van der Waals surface area contributed by atoms with Crippen molar-refractivity contribution >= 4 is 34.1 Å². The van der Waals surface area contributed by atoms with E-state index in [-0.39, 0.29) is 18.0 Å². The van der Waals surface area contributed by atoms with Crippen molar-refractivity contribution in [3.63, 3.8) is 0 Å². The Morgan fingerprint density at radius 2 is 1.77 bits per heavy atom. The van der Waals surface area contributed by atoms with E-state index in [4.69, 9.17) is 9.97 Å². The summed E-state index contributed by atoms with van der Waals surface area (Å²) in [5, 5.41) is 6.77. The van der Waals surface area contributed by atoms with E-state index in [2.05, 4.69) is 62.0 Å². The summed E-state index contributed by atoms with van der Waals surface area (Å²) in [4.78, 5) is 33.5. The fourth-order valence-electron chi connectivity index (χ4n) is 9.52. The molecule has 48 heavy (non-hydrogen) atoms. The van der Waals surface area contributed by atoms with Gasteiger partial charge in [0, 0.05) is 48.2 Å². The van der Waals surface area contributed by atoms with Crippen molar-refractivity contribution in [3.8, 4) is 11.3 Å². The van der Waals surface area contributed by atoms with Gasteiger partial charge in [0.25, 0.3) is 0 Å². The first-order chi connectivity index (χ1) is 23.3. The van der Waals surface area contributed by atoms with E-state index < -0.39 is 11.2 Å². The van der Waals surface area contributed by atoms with Crippen LogP contribution in [0.4, 0.5) is 21.6 Å². The summed E-state index contributed by atoms with van der Waals surface area (Å²) in [5.74, 6) is 2.12. The average Bonchev–Trinajstić information content (AvgIpc) is 3.71. The highest BCUT2D eigenvalue weighted by molar-refractivity contribution is 6.09. The minimum absolute atomic E-state index is 0.138. The van der Waals surface area contributed by atoms with Crippen molar-refractivity contribution in [3.05, 3.63) is 59.9 Å². The molecule has 4 fully saturated rings. The summed E-state index contributed by atoms with van der Waals surface area (Å²) < 4.78 is 17.0. The molecule has 6 heterocycles. The lowest BCUT2D eigenvalue weighted by molar-refractivity contribution is -0.125. The number of likely N-dealkylation sites (tertiary alicyclic amines) is 1. The van der Waals surface area contributed by atoms with Gasteiger partial charge in [0.2, 0.25) is 5.91 Å². The zero-order chi connectivity index (χ0) is 32.7. The highest BCUT2D eigenvalue weighted by Gasteiger charge is 2.55. The molecule has 10 heteroatoms. The summed E-state index contributed by atoms with van der Waals surface area (Å²) in [6.45, 7) is 10.2. The number of hydrogen-bond acceptors (Lipinski definition) is 7. The van der Waals surface area contributed by atoms with Crippen molar-refractivity contribution in [1.29, 1.82) is 0 Å². The van der Waals surface area contributed by atoms with Crippen molar-refractivity contribution in [2.75, 3.05) is 36.4 Å². The maximum absolute atomic E-state index is 14.9. The molecule has 0 radical (unpaired) electrons. The zero-order valence-electron chi connectivity index (χ0n) is 28.2. The number of nitrogens with zero attached hydrogens (tertiary/aromatic N) is 6. The maximum atomic E-state index is 14.9. The lowest BCUT2D eigenvalue weighted by atomic mass is 9.74. The van der Waals surface area contributed by atoms with Gasteiger partial charge in [0.05, 0.1) is 34.8 Å². The van der Waals surface area contributed by atoms with Crippen molar-refractivity contribution in [1.82, 2.24) is 29.7 Å². The van der Waals surface area contributed by atoms with Gasteiger partial charge < -0.3 is 20.1 Å². The molecule has 9 rings (SSSR count). The van der Waals surface area contributed by atoms with Crippen molar-refractivity contribution in [2.24, 2.45) is 11.8 Å². The third kappa shape index (κ3) is 4.77. The molecule has 9 nitrogen and oxygen atoms in total. The first-order valence-electron chi connectivity index (χ1n) is 18.0. The topological polar surface area (TPSA) is 91.2 Å². The van der Waals surface area contributed by atoms with Crippen LogP contribution < -0.4 is 15.5 Å². The summed E-state index contributed by atoms with van der Waals surface area (Å²) in [6, 6.07) is 11.1. The molecule has 2 bridgehead atoms. The lowest BCUT2D eigenvalue weighted by Gasteiger charge is -2.49. The number of aromatic nitrogens is 4. The van der Waals surface area contributed by atoms with Crippen LogP contribution >= 0.6 is 0 Å². The first kappa shape index (κ1) is 30.2. The fourth-order valence-corrected chi connectivity index (χ4v) is 9.52. The number of carbonyl (C=O) groups excluding carboxylic acids is 1. The quantitative estimate of drug-likeness (QED) is 0.247. The van der Waals surface area contributed by atoms with Gasteiger partial charge in [0.15, 0.2) is 11.6 Å². The highest BCUT2D eigenvalue weighted by atomic mass is 19.1. The van der Waals surface area contributed by atoms with Gasteiger partial charge in [-0.1, -0.05) is 12.1 Å². The highest BCUT2D eigenvalue weighted by Crippen LogP contribution is 2.52. The van der Waals surface area contributed by atoms with Crippen LogP contribution in [-0.4, -0.2) is 68.6 Å². The predicted octanol–water partition coefficient (Wildman–Crippen LogP) is 6.50. The minimum atomic E-state index is -0.467. The van der Waals surface area contributed by atoms with Gasteiger partial charge in [-0.05, 0) is 114 Å². The third-order valence-corrected chi connectivity index (χ3v) is 12.1. The largest absolute Gasteiger partial charge is 0.336 e. The summed E-state index contributed by atoms with van der Waals surface area (Å²) in [6.07, 6.45) is 11.0. The molecule has 5 aliphatic rings. The Labute approximate surface area is 281 Å². The Balaban J connectivity index is 1.09. The molecule has 250 valence electrons. The minimum Gasteiger partial charge on any atom is -0.336 e. The van der Waals surface area contributed by atoms with Crippen LogP contribution in [0.25, 0.3) is 22.3 Å². The molecule has 2 saturated carbocycles. The molecule has 2 saturated heterocycles. The average molecular weight is 649 g/mol. The van der Waals surface area contributed by atoms with E-state index in [1.165, 1.54) is 38.5 Å². The number of amides is 1. The van der Waals surface area contributed by atoms with Crippen molar-refractivity contribution in [2.45, 2.75) is 89.3 Å². The molecule has 1 amide bonds. The Kier molecular flexibility index (Phi) is 7.13. The summed E-state index contributed by atoms with van der Waals surface area (Å²) in [5.41, 5.74) is 6.04. The number of hydrogen-bond donors (Lipinski definition) is 2. The number of fused-ring (bicyclic) bond motifs is 5. The molecule has 1 spiro atoms. The van der Waals surface area contributed by atoms with Crippen LogP contribution in [-0.2, 0) is 10.2 Å². The maximum Gasteiger partial charge on any atom is 0.238 e. The van der Waals surface area contributed by atoms with E-state index in [9.17, 15) is 9.18 Å². The molecular weight excluding hydrogens is 603 g/mol. The van der Waals surface area contributed by atoms with E-state index in [1.54, 1.807) is 6.07 Å². The van der Waals surface area contributed by atoms with E-state index in [1.807, 2.05) is 19.3 Å². The standard InChI is InChI=1S/C38H45FN8O/c1-22(2)46-21-42-33-17-31(43-36(35(33)46)44-32-12-23(3)41-18-30(32)39)26-6-7-29-34(14-26)47(37(48)38(29)8-10-40-11-9-38)28-15-27(16-28)45-19-24-4-5-25(13-24)20-45/h6-7,12,14,17-18,21-22,24-25,27-28,40H,4-5,8-11,13,15-16,19-20H2,1-3H3,(H,41,43,44). The number of pyridine rings is 2. The van der Waals surface area contributed by atoms with Crippen LogP contribution in [0.5, 0.6) is 0 Å². The Morgan fingerprint density at radius 1 is 1.00 bits per heavy atom. The zero-order valence-corrected chi connectivity index (χ0v) is 28.2. The number of piperidine rings is 2. The van der Waals surface area contributed by atoms with Gasteiger partial charge in [-0.25, -0.2) is 14.4 Å². The number of anilines is 3. The second-order valence-electron chi connectivity index (χ2n) is 15.4. The monoisotopic (exact) mass is 648 g/mol. The Hall–Kier alpha value is -3.89. The smallest absolute Gasteiger partial charge is 0.238 e. The third-order valence-electron chi connectivity index (χ3n) is 12.1. The van der Waals surface area contributed by atoms with Crippen LogP contribution in [0.2, 0.25) is 0 Å². The van der Waals surface area contributed by atoms with E-state index in [0.717, 1.165) is 84.2 Å². The van der Waals surface area contributed by atoms with Crippen LogP contribution in [0.3, 0.4) is 0 Å². The summed E-state index contributed by atoms with van der Waals surface area (Å²) in [7, 11) is 0. The van der Waals surface area contributed by atoms with E-state index in [0.29, 0.717) is 23.2 Å². The van der Waals surface area contributed by atoms with Crippen LogP contribution in [0.1, 0.15) is 76.1 Å². The van der Waals surface area contributed by atoms with Gasteiger partial charge in [-0.3, -0.25) is 14.7 Å². The normalized spacial score (nSPS) is 26.4. The second-order valence-corrected chi connectivity index (χ2v) is 15.4. The Bertz CT molecular complexity index is 1900. The number of imidazole rings is 1. The first-order valence-corrected chi connectivity index (χ1v) is 18.0. The van der Waals surface area contributed by atoms with Gasteiger partial charge in [-0.15, -0.1) is 0 Å². The number of halogens is 1. The van der Waals surface area contributed by atoms with Crippen molar-refractivity contribution < 1.29 is 9.18 Å². The SMILES string of the molecule is Cc1cc(Nc2nc(-c3ccc4c(c3)N(C3CC(N5CC6CCC(C6)C5)C3)C(=O)C43CCNCC3)cc3ncn(C(C)C)c23)c(F)cn1. The molecule has 2 N–H and O–H groups in total. The predicted molar refractivity (Wildman–Crippen MR) is 186 cm³/mol. The molecular formula is C38H45FN8O. The summed E-state index contributed by atoms with van der Waals surface area (Å²) >= 11 is 0. The van der Waals surface area contributed by atoms with Crippen LogP contribution in [0.15, 0.2) is 42.9 Å². The van der Waals surface area contributed by atoms with Gasteiger partial charge in [0.1, 0.15) is 5.52 Å². The molecule has 2 aliphatic carbocycles.